The molecule has 1 aliphatic heterocycles. The van der Waals surface area contributed by atoms with Crippen LogP contribution in [0.2, 0.25) is 0 Å². The van der Waals surface area contributed by atoms with Crippen LogP contribution in [0.3, 0.4) is 0 Å². The van der Waals surface area contributed by atoms with E-state index in [2.05, 4.69) is 29.2 Å². The molecule has 1 aliphatic carbocycles. The van der Waals surface area contributed by atoms with Gasteiger partial charge < -0.3 is 10.6 Å². The number of nitrogens with two attached hydrogens (primary N) is 1. The zero-order valence-corrected chi connectivity index (χ0v) is 10.4. The van der Waals surface area contributed by atoms with Crippen LogP contribution in [0.25, 0.3) is 0 Å². The summed E-state index contributed by atoms with van der Waals surface area (Å²) in [6.45, 7) is 2.05. The van der Waals surface area contributed by atoms with Crippen molar-refractivity contribution in [2.45, 2.75) is 44.1 Å². The van der Waals surface area contributed by atoms with Gasteiger partial charge in [0.25, 0.3) is 0 Å². The molecule has 1 fully saturated rings. The third-order valence-electron chi connectivity index (χ3n) is 4.38. The standard InChI is InChI=1S/C15H22N2/c16-10-4-5-12-11-17(13-6-3-7-13)15-9-2-1-8-14(12)15/h1-2,8-9,12-13H,3-7,10-11,16H2. The van der Waals surface area contributed by atoms with E-state index in [1.807, 2.05) is 0 Å². The fourth-order valence-electron chi connectivity index (χ4n) is 3.18. The predicted molar refractivity (Wildman–Crippen MR) is 72.5 cm³/mol. The van der Waals surface area contributed by atoms with Crippen LogP contribution in [0.1, 0.15) is 43.6 Å². The van der Waals surface area contributed by atoms with Crippen molar-refractivity contribution in [2.75, 3.05) is 18.0 Å². The Kier molecular flexibility index (Phi) is 3.06. The smallest absolute Gasteiger partial charge is 0.0404 e. The first kappa shape index (κ1) is 11.1. The van der Waals surface area contributed by atoms with Crippen molar-refractivity contribution in [3.8, 4) is 0 Å². The normalized spacial score (nSPS) is 23.6. The third kappa shape index (κ3) is 1.95. The molecule has 1 aromatic rings. The van der Waals surface area contributed by atoms with Gasteiger partial charge in [-0.2, -0.15) is 0 Å². The van der Waals surface area contributed by atoms with Gasteiger partial charge in [0.05, 0.1) is 0 Å². The van der Waals surface area contributed by atoms with E-state index in [0.717, 1.165) is 24.9 Å². The minimum atomic E-state index is 0.718. The molecule has 17 heavy (non-hydrogen) atoms. The molecule has 2 nitrogen and oxygen atoms in total. The van der Waals surface area contributed by atoms with Gasteiger partial charge in [0.2, 0.25) is 0 Å². The first-order valence-corrected chi connectivity index (χ1v) is 6.96. The molecule has 0 bridgehead atoms. The number of anilines is 1. The van der Waals surface area contributed by atoms with Gasteiger partial charge in [0.1, 0.15) is 0 Å². The van der Waals surface area contributed by atoms with Gasteiger partial charge in [-0.15, -0.1) is 0 Å². The van der Waals surface area contributed by atoms with E-state index < -0.39 is 0 Å². The minimum Gasteiger partial charge on any atom is -0.368 e. The summed E-state index contributed by atoms with van der Waals surface area (Å²) in [6.07, 6.45) is 6.58. The Morgan fingerprint density at radius 3 is 2.76 bits per heavy atom. The fraction of sp³-hybridized carbons (Fsp3) is 0.600. The fourth-order valence-corrected chi connectivity index (χ4v) is 3.18. The second-order valence-corrected chi connectivity index (χ2v) is 5.42. The van der Waals surface area contributed by atoms with Gasteiger partial charge in [-0.1, -0.05) is 18.2 Å². The van der Waals surface area contributed by atoms with Crippen LogP contribution in [0.5, 0.6) is 0 Å². The molecule has 0 amide bonds. The minimum absolute atomic E-state index is 0.718. The summed E-state index contributed by atoms with van der Waals surface area (Å²) < 4.78 is 0. The monoisotopic (exact) mass is 230 g/mol. The maximum Gasteiger partial charge on any atom is 0.0404 e. The SMILES string of the molecule is NCCCC1CN(C2CCC2)c2ccccc21. The molecule has 2 N–H and O–H groups in total. The molecule has 92 valence electrons. The highest BCUT2D eigenvalue weighted by Crippen LogP contribution is 2.42. The molecule has 1 atom stereocenters. The Labute approximate surface area is 104 Å². The second-order valence-electron chi connectivity index (χ2n) is 5.42. The number of hydrogen-bond acceptors (Lipinski definition) is 2. The first-order valence-electron chi connectivity index (χ1n) is 6.96. The number of nitrogens with zero attached hydrogens (tertiary/aromatic N) is 1. The molecule has 0 spiro atoms. The van der Waals surface area contributed by atoms with Gasteiger partial charge in [0, 0.05) is 24.2 Å². The maximum atomic E-state index is 5.64. The third-order valence-corrected chi connectivity index (χ3v) is 4.38. The predicted octanol–water partition coefficient (Wildman–Crippen LogP) is 2.88. The van der Waals surface area contributed by atoms with Gasteiger partial charge >= 0.3 is 0 Å². The summed E-state index contributed by atoms with van der Waals surface area (Å²) in [5, 5.41) is 0. The van der Waals surface area contributed by atoms with Gasteiger partial charge in [0.15, 0.2) is 0 Å². The van der Waals surface area contributed by atoms with E-state index in [9.17, 15) is 0 Å². The Balaban J connectivity index is 1.81. The summed E-state index contributed by atoms with van der Waals surface area (Å²) in [7, 11) is 0. The molecule has 2 heteroatoms. The Hall–Kier alpha value is -1.02. The van der Waals surface area contributed by atoms with Crippen molar-refractivity contribution < 1.29 is 0 Å². The quantitative estimate of drug-likeness (QED) is 0.861. The molecule has 0 saturated heterocycles. The van der Waals surface area contributed by atoms with Crippen molar-refractivity contribution in [3.05, 3.63) is 29.8 Å². The molecule has 0 aromatic heterocycles. The number of rotatable bonds is 4. The highest BCUT2D eigenvalue weighted by molar-refractivity contribution is 5.61. The molecular formula is C15H22N2. The average molecular weight is 230 g/mol. The van der Waals surface area contributed by atoms with E-state index in [0.29, 0.717) is 0 Å². The molecule has 1 heterocycles. The van der Waals surface area contributed by atoms with Crippen molar-refractivity contribution in [2.24, 2.45) is 5.73 Å². The molecule has 1 aromatic carbocycles. The number of para-hydroxylation sites is 1. The number of hydrogen-bond donors (Lipinski definition) is 1. The Morgan fingerprint density at radius 1 is 1.24 bits per heavy atom. The van der Waals surface area contributed by atoms with E-state index in [1.54, 1.807) is 5.56 Å². The largest absolute Gasteiger partial charge is 0.368 e. The highest BCUT2D eigenvalue weighted by atomic mass is 15.2. The van der Waals surface area contributed by atoms with Crippen molar-refractivity contribution in [1.82, 2.24) is 0 Å². The summed E-state index contributed by atoms with van der Waals surface area (Å²) >= 11 is 0. The molecule has 2 aliphatic rings. The Bertz CT molecular complexity index is 384. The van der Waals surface area contributed by atoms with Crippen LogP contribution in [-0.2, 0) is 0 Å². The molecule has 1 unspecified atom stereocenters. The van der Waals surface area contributed by atoms with E-state index in [1.165, 1.54) is 37.9 Å². The maximum absolute atomic E-state index is 5.64. The lowest BCUT2D eigenvalue weighted by Gasteiger charge is -2.37. The van der Waals surface area contributed by atoms with Gasteiger partial charge in [-0.3, -0.25) is 0 Å². The van der Waals surface area contributed by atoms with Crippen LogP contribution in [0.15, 0.2) is 24.3 Å². The van der Waals surface area contributed by atoms with E-state index >= 15 is 0 Å². The topological polar surface area (TPSA) is 29.3 Å². The van der Waals surface area contributed by atoms with Crippen molar-refractivity contribution in [1.29, 1.82) is 0 Å². The number of fused-ring (bicyclic) bond motifs is 1. The second kappa shape index (κ2) is 4.69. The van der Waals surface area contributed by atoms with Crippen LogP contribution >= 0.6 is 0 Å². The highest BCUT2D eigenvalue weighted by Gasteiger charge is 2.34. The van der Waals surface area contributed by atoms with Crippen LogP contribution in [0, 0.1) is 0 Å². The van der Waals surface area contributed by atoms with E-state index in [4.69, 9.17) is 5.73 Å². The zero-order chi connectivity index (χ0) is 11.7. The van der Waals surface area contributed by atoms with Crippen LogP contribution in [0.4, 0.5) is 5.69 Å². The van der Waals surface area contributed by atoms with Gasteiger partial charge in [-0.25, -0.2) is 0 Å². The summed E-state index contributed by atoms with van der Waals surface area (Å²) in [5.74, 6) is 0.718. The summed E-state index contributed by atoms with van der Waals surface area (Å²) in [4.78, 5) is 2.65. The lowest BCUT2D eigenvalue weighted by Crippen LogP contribution is -2.39. The van der Waals surface area contributed by atoms with E-state index in [-0.39, 0.29) is 0 Å². The summed E-state index contributed by atoms with van der Waals surface area (Å²) in [5.41, 5.74) is 8.71. The molecule has 3 rings (SSSR count). The Morgan fingerprint density at radius 2 is 2.06 bits per heavy atom. The number of benzene rings is 1. The lowest BCUT2D eigenvalue weighted by molar-refractivity contribution is 0.385. The van der Waals surface area contributed by atoms with Gasteiger partial charge in [-0.05, 0) is 50.3 Å². The first-order chi connectivity index (χ1) is 8.40. The molecule has 1 saturated carbocycles. The van der Waals surface area contributed by atoms with Crippen LogP contribution in [-0.4, -0.2) is 19.1 Å². The van der Waals surface area contributed by atoms with Crippen molar-refractivity contribution in [3.63, 3.8) is 0 Å². The summed E-state index contributed by atoms with van der Waals surface area (Å²) in [6, 6.07) is 9.79. The lowest BCUT2D eigenvalue weighted by atomic mass is 9.91. The average Bonchev–Trinajstić information content (AvgIpc) is 2.64. The zero-order valence-electron chi connectivity index (χ0n) is 10.4. The van der Waals surface area contributed by atoms with Crippen LogP contribution < -0.4 is 10.6 Å². The van der Waals surface area contributed by atoms with Crippen molar-refractivity contribution >= 4 is 5.69 Å². The molecule has 0 radical (unpaired) electrons. The molecular weight excluding hydrogens is 208 g/mol.